The lowest BCUT2D eigenvalue weighted by atomic mass is 9.99. The molecule has 0 spiro atoms. The van der Waals surface area contributed by atoms with Gasteiger partial charge in [0.25, 0.3) is 0 Å². The summed E-state index contributed by atoms with van der Waals surface area (Å²) in [6.07, 6.45) is 5.35. The van der Waals surface area contributed by atoms with E-state index in [4.69, 9.17) is 4.74 Å². The van der Waals surface area contributed by atoms with Crippen LogP contribution >= 0.6 is 0 Å². The molecule has 0 aromatic rings. The lowest BCUT2D eigenvalue weighted by Gasteiger charge is -2.40. The third kappa shape index (κ3) is 6.55. The largest absolute Gasteiger partial charge is 0.380 e. The Morgan fingerprint density at radius 1 is 1.42 bits per heavy atom. The maximum absolute atomic E-state index is 5.65. The monoisotopic (exact) mass is 268 g/mol. The standard InChI is InChI=1S/C16H32N2O/c1-5-7-9-19-10-8-18-13-15(11-14(3)4)17-12-16(18)6-2/h5,14-17H,1,6-13H2,2-4H3. The van der Waals surface area contributed by atoms with E-state index in [1.807, 2.05) is 6.08 Å². The van der Waals surface area contributed by atoms with E-state index in [1.54, 1.807) is 0 Å². The zero-order valence-corrected chi connectivity index (χ0v) is 13.0. The molecule has 3 nitrogen and oxygen atoms in total. The first-order chi connectivity index (χ1) is 9.17. The van der Waals surface area contributed by atoms with E-state index in [0.717, 1.165) is 38.6 Å². The first-order valence-corrected chi connectivity index (χ1v) is 7.83. The van der Waals surface area contributed by atoms with Crippen LogP contribution in [0.15, 0.2) is 12.7 Å². The molecule has 2 atom stereocenters. The fraction of sp³-hybridized carbons (Fsp3) is 0.875. The average molecular weight is 268 g/mol. The minimum absolute atomic E-state index is 0.649. The van der Waals surface area contributed by atoms with Gasteiger partial charge in [-0.25, -0.2) is 0 Å². The summed E-state index contributed by atoms with van der Waals surface area (Å²) in [6, 6.07) is 1.32. The minimum atomic E-state index is 0.649. The Balaban J connectivity index is 2.30. The van der Waals surface area contributed by atoms with Crippen LogP contribution in [0.5, 0.6) is 0 Å². The molecule has 2 unspecified atom stereocenters. The molecule has 1 saturated heterocycles. The summed E-state index contributed by atoms with van der Waals surface area (Å²) in [7, 11) is 0. The van der Waals surface area contributed by atoms with Gasteiger partial charge in [-0.2, -0.15) is 0 Å². The van der Waals surface area contributed by atoms with Crippen molar-refractivity contribution in [2.24, 2.45) is 5.92 Å². The van der Waals surface area contributed by atoms with Crippen LogP contribution in [0.25, 0.3) is 0 Å². The van der Waals surface area contributed by atoms with Crippen LogP contribution in [0.3, 0.4) is 0 Å². The predicted octanol–water partition coefficient (Wildman–Crippen LogP) is 2.68. The summed E-state index contributed by atoms with van der Waals surface area (Å²) < 4.78 is 5.65. The van der Waals surface area contributed by atoms with E-state index < -0.39 is 0 Å². The van der Waals surface area contributed by atoms with Crippen molar-refractivity contribution in [1.29, 1.82) is 0 Å². The van der Waals surface area contributed by atoms with E-state index in [-0.39, 0.29) is 0 Å². The summed E-state index contributed by atoms with van der Waals surface area (Å²) in [5.74, 6) is 0.765. The molecule has 0 bridgehead atoms. The van der Waals surface area contributed by atoms with Crippen molar-refractivity contribution in [3.63, 3.8) is 0 Å². The fourth-order valence-electron chi connectivity index (χ4n) is 2.78. The molecule has 19 heavy (non-hydrogen) atoms. The van der Waals surface area contributed by atoms with Gasteiger partial charge in [0.1, 0.15) is 0 Å². The third-order valence-corrected chi connectivity index (χ3v) is 3.83. The maximum Gasteiger partial charge on any atom is 0.0593 e. The number of rotatable bonds is 9. The molecule has 1 aliphatic rings. The van der Waals surface area contributed by atoms with E-state index in [9.17, 15) is 0 Å². The molecule has 0 aromatic carbocycles. The van der Waals surface area contributed by atoms with E-state index >= 15 is 0 Å². The molecule has 3 heteroatoms. The zero-order chi connectivity index (χ0) is 14.1. The highest BCUT2D eigenvalue weighted by Gasteiger charge is 2.26. The topological polar surface area (TPSA) is 24.5 Å². The molecule has 0 saturated carbocycles. The number of hydrogen-bond donors (Lipinski definition) is 1. The number of nitrogens with zero attached hydrogens (tertiary/aromatic N) is 1. The first-order valence-electron chi connectivity index (χ1n) is 7.83. The summed E-state index contributed by atoms with van der Waals surface area (Å²) >= 11 is 0. The van der Waals surface area contributed by atoms with Crippen LogP contribution < -0.4 is 5.32 Å². The molecule has 0 amide bonds. The molecular weight excluding hydrogens is 236 g/mol. The Hall–Kier alpha value is -0.380. The second-order valence-electron chi connectivity index (χ2n) is 5.98. The van der Waals surface area contributed by atoms with Crippen molar-refractivity contribution >= 4 is 0 Å². The molecule has 0 aromatic heterocycles. The van der Waals surface area contributed by atoms with E-state index in [2.05, 4.69) is 37.6 Å². The SMILES string of the molecule is C=CCCOCCN1CC(CC(C)C)NCC1CC. The van der Waals surface area contributed by atoms with Crippen LogP contribution in [0, 0.1) is 5.92 Å². The van der Waals surface area contributed by atoms with Gasteiger partial charge in [-0.1, -0.05) is 26.8 Å². The molecule has 1 heterocycles. The van der Waals surface area contributed by atoms with Gasteiger partial charge in [-0.15, -0.1) is 6.58 Å². The highest BCUT2D eigenvalue weighted by Crippen LogP contribution is 2.14. The minimum Gasteiger partial charge on any atom is -0.380 e. The van der Waals surface area contributed by atoms with Gasteiger partial charge < -0.3 is 10.1 Å². The van der Waals surface area contributed by atoms with Gasteiger partial charge in [-0.05, 0) is 25.2 Å². The summed E-state index contributed by atoms with van der Waals surface area (Å²) in [6.45, 7) is 15.6. The molecule has 112 valence electrons. The number of ether oxygens (including phenoxy) is 1. The fourth-order valence-corrected chi connectivity index (χ4v) is 2.78. The third-order valence-electron chi connectivity index (χ3n) is 3.83. The van der Waals surface area contributed by atoms with E-state index in [0.29, 0.717) is 12.1 Å². The highest BCUT2D eigenvalue weighted by molar-refractivity contribution is 4.85. The Labute approximate surface area is 119 Å². The van der Waals surface area contributed by atoms with Crippen LogP contribution in [-0.4, -0.2) is 49.8 Å². The molecule has 0 aliphatic carbocycles. The van der Waals surface area contributed by atoms with Crippen molar-refractivity contribution in [2.75, 3.05) is 32.8 Å². The van der Waals surface area contributed by atoms with Crippen molar-refractivity contribution in [1.82, 2.24) is 10.2 Å². The Kier molecular flexibility index (Phi) is 8.35. The van der Waals surface area contributed by atoms with Gasteiger partial charge in [0.2, 0.25) is 0 Å². The van der Waals surface area contributed by atoms with Crippen molar-refractivity contribution in [2.45, 2.75) is 52.1 Å². The number of nitrogens with one attached hydrogen (secondary N) is 1. The van der Waals surface area contributed by atoms with Crippen molar-refractivity contribution < 1.29 is 4.74 Å². The summed E-state index contributed by atoms with van der Waals surface area (Å²) in [5, 5.41) is 3.70. The smallest absolute Gasteiger partial charge is 0.0593 e. The van der Waals surface area contributed by atoms with Crippen molar-refractivity contribution in [3.05, 3.63) is 12.7 Å². The summed E-state index contributed by atoms with van der Waals surface area (Å²) in [4.78, 5) is 2.61. The Morgan fingerprint density at radius 2 is 2.21 bits per heavy atom. The van der Waals surface area contributed by atoms with Gasteiger partial charge >= 0.3 is 0 Å². The second-order valence-corrected chi connectivity index (χ2v) is 5.98. The highest BCUT2D eigenvalue weighted by atomic mass is 16.5. The van der Waals surface area contributed by atoms with Gasteiger partial charge in [0.15, 0.2) is 0 Å². The number of piperazine rings is 1. The lowest BCUT2D eigenvalue weighted by Crippen LogP contribution is -2.57. The zero-order valence-electron chi connectivity index (χ0n) is 13.0. The maximum atomic E-state index is 5.65. The molecule has 0 radical (unpaired) electrons. The second kappa shape index (κ2) is 9.51. The average Bonchev–Trinajstić information content (AvgIpc) is 2.38. The van der Waals surface area contributed by atoms with E-state index in [1.165, 1.54) is 19.4 Å². The number of hydrogen-bond acceptors (Lipinski definition) is 3. The van der Waals surface area contributed by atoms with Crippen LogP contribution in [0.4, 0.5) is 0 Å². The van der Waals surface area contributed by atoms with Crippen LogP contribution in [0.2, 0.25) is 0 Å². The molecule has 1 aliphatic heterocycles. The molecule has 1 rings (SSSR count). The lowest BCUT2D eigenvalue weighted by molar-refractivity contribution is 0.0628. The van der Waals surface area contributed by atoms with Gasteiger partial charge in [0.05, 0.1) is 13.2 Å². The van der Waals surface area contributed by atoms with Crippen LogP contribution in [0.1, 0.15) is 40.0 Å². The summed E-state index contributed by atoms with van der Waals surface area (Å²) in [5.41, 5.74) is 0. The Morgan fingerprint density at radius 3 is 2.84 bits per heavy atom. The van der Waals surface area contributed by atoms with Crippen molar-refractivity contribution in [3.8, 4) is 0 Å². The van der Waals surface area contributed by atoms with Gasteiger partial charge in [-0.3, -0.25) is 4.90 Å². The normalized spacial score (nSPS) is 24.8. The van der Waals surface area contributed by atoms with Crippen LogP contribution in [-0.2, 0) is 4.74 Å². The molecular formula is C16H32N2O. The molecule has 1 fully saturated rings. The Bertz CT molecular complexity index is 243. The first kappa shape index (κ1) is 16.7. The quantitative estimate of drug-likeness (QED) is 0.514. The predicted molar refractivity (Wildman–Crippen MR) is 82.5 cm³/mol. The molecule has 1 N–H and O–H groups in total. The van der Waals surface area contributed by atoms with Gasteiger partial charge in [0, 0.05) is 31.7 Å².